The van der Waals surface area contributed by atoms with Crippen molar-refractivity contribution in [2.24, 2.45) is 0 Å². The normalized spacial score (nSPS) is 14.4. The van der Waals surface area contributed by atoms with Gasteiger partial charge in [0.15, 0.2) is 0 Å². The summed E-state index contributed by atoms with van der Waals surface area (Å²) in [6.45, 7) is 8.03. The van der Waals surface area contributed by atoms with E-state index < -0.39 is 0 Å². The smallest absolute Gasteiger partial charge is 0.320 e. The van der Waals surface area contributed by atoms with Crippen molar-refractivity contribution >= 4 is 23.0 Å². The van der Waals surface area contributed by atoms with Crippen LogP contribution in [0.5, 0.6) is 0 Å². The second-order valence-electron chi connectivity index (χ2n) is 11.0. The van der Waals surface area contributed by atoms with Crippen LogP contribution in [0.4, 0.5) is 8.78 Å². The first-order valence-electron chi connectivity index (χ1n) is 14.8. The number of nitrogens with zero attached hydrogens (tertiary/aromatic N) is 4. The van der Waals surface area contributed by atoms with E-state index in [0.29, 0.717) is 41.6 Å². The van der Waals surface area contributed by atoms with Gasteiger partial charge in [0, 0.05) is 28.3 Å². The fourth-order valence-electron chi connectivity index (χ4n) is 5.95. The van der Waals surface area contributed by atoms with Gasteiger partial charge >= 0.3 is 5.97 Å². The second-order valence-corrected chi connectivity index (χ2v) is 11.8. The zero-order chi connectivity index (χ0) is 30.1. The number of likely N-dealkylation sites (tertiary alicyclic amines) is 1. The Kier molecular flexibility index (Phi) is 8.36. The number of esters is 1. The molecule has 4 heterocycles. The molecular weight excluding hydrogens is 566 g/mol. The molecule has 1 fully saturated rings. The van der Waals surface area contributed by atoms with Crippen molar-refractivity contribution in [1.82, 2.24) is 19.3 Å². The number of hydrogen-bond acceptors (Lipinski definition) is 6. The molecule has 0 atom stereocenters. The monoisotopic (exact) mass is 600 g/mol. The molecule has 2 aromatic carbocycles. The highest BCUT2D eigenvalue weighted by Gasteiger charge is 2.25. The van der Waals surface area contributed by atoms with Gasteiger partial charge in [0.05, 0.1) is 30.2 Å². The van der Waals surface area contributed by atoms with Crippen molar-refractivity contribution in [2.45, 2.75) is 46.0 Å². The molecule has 0 spiro atoms. The van der Waals surface area contributed by atoms with Crippen LogP contribution in [0.3, 0.4) is 0 Å². The van der Waals surface area contributed by atoms with E-state index in [1.165, 1.54) is 29.0 Å². The lowest BCUT2D eigenvalue weighted by molar-refractivity contribution is -0.144. The van der Waals surface area contributed by atoms with Crippen molar-refractivity contribution in [2.75, 3.05) is 26.2 Å². The lowest BCUT2D eigenvalue weighted by Gasteiger charge is -2.31. The van der Waals surface area contributed by atoms with E-state index in [9.17, 15) is 9.18 Å². The van der Waals surface area contributed by atoms with Crippen LogP contribution < -0.4 is 0 Å². The molecule has 3 aromatic heterocycles. The van der Waals surface area contributed by atoms with Crippen LogP contribution in [-0.4, -0.2) is 51.5 Å². The van der Waals surface area contributed by atoms with Gasteiger partial charge in [0.2, 0.25) is 0 Å². The number of aryl methyl sites for hydroxylation is 1. The maximum atomic E-state index is 16.2. The van der Waals surface area contributed by atoms with Gasteiger partial charge in [-0.2, -0.15) is 0 Å². The molecule has 0 radical (unpaired) electrons. The van der Waals surface area contributed by atoms with Gasteiger partial charge in [-0.15, -0.1) is 11.3 Å². The van der Waals surface area contributed by atoms with E-state index in [0.717, 1.165) is 59.8 Å². The molecule has 0 amide bonds. The second kappa shape index (κ2) is 12.3. The third-order valence-electron chi connectivity index (χ3n) is 8.28. The third kappa shape index (κ3) is 5.84. The topological polar surface area (TPSA) is 59.7 Å². The van der Waals surface area contributed by atoms with E-state index >= 15 is 4.39 Å². The molecule has 0 aliphatic carbocycles. The molecular formula is C34H34F2N4O2S. The maximum Gasteiger partial charge on any atom is 0.320 e. The van der Waals surface area contributed by atoms with Crippen molar-refractivity contribution < 1.29 is 18.3 Å². The zero-order valence-electron chi connectivity index (χ0n) is 24.6. The molecule has 43 heavy (non-hydrogen) atoms. The van der Waals surface area contributed by atoms with Crippen LogP contribution in [0.25, 0.3) is 38.7 Å². The summed E-state index contributed by atoms with van der Waals surface area (Å²) in [5.41, 5.74) is 6.94. The van der Waals surface area contributed by atoms with Crippen LogP contribution in [0.1, 0.15) is 49.4 Å². The number of rotatable bonds is 8. The molecule has 1 saturated heterocycles. The van der Waals surface area contributed by atoms with Crippen LogP contribution >= 0.6 is 11.3 Å². The highest BCUT2D eigenvalue weighted by Crippen LogP contribution is 2.37. The predicted molar refractivity (Wildman–Crippen MR) is 166 cm³/mol. The number of carbonyl (C=O) groups excluding carboxylic acids is 1. The summed E-state index contributed by atoms with van der Waals surface area (Å²) < 4.78 is 36.8. The fraction of sp³-hybridized carbons (Fsp3) is 0.324. The Morgan fingerprint density at radius 1 is 1.00 bits per heavy atom. The Morgan fingerprint density at radius 3 is 2.47 bits per heavy atom. The SMILES string of the molecule is CCOC(=O)CN1CCC(c2ccc3nc(CC)c(-c4ccc(-c5nc(-c6ccc(F)cc6)cs5)c(C)c4F)n3c2)CC1. The predicted octanol–water partition coefficient (Wildman–Crippen LogP) is 7.68. The van der Waals surface area contributed by atoms with Crippen molar-refractivity contribution in [1.29, 1.82) is 0 Å². The number of thiazole rings is 1. The first-order valence-corrected chi connectivity index (χ1v) is 15.6. The van der Waals surface area contributed by atoms with Crippen LogP contribution in [0, 0.1) is 18.6 Å². The van der Waals surface area contributed by atoms with E-state index in [-0.39, 0.29) is 17.6 Å². The van der Waals surface area contributed by atoms with Gasteiger partial charge in [-0.1, -0.05) is 19.1 Å². The Morgan fingerprint density at radius 2 is 1.74 bits per heavy atom. The summed E-state index contributed by atoms with van der Waals surface area (Å²) in [6, 6.07) is 14.1. The highest BCUT2D eigenvalue weighted by molar-refractivity contribution is 7.13. The summed E-state index contributed by atoms with van der Waals surface area (Å²) in [5.74, 6) is -0.415. The summed E-state index contributed by atoms with van der Waals surface area (Å²) in [5, 5.41) is 2.63. The summed E-state index contributed by atoms with van der Waals surface area (Å²) >= 11 is 1.44. The average molecular weight is 601 g/mol. The molecule has 0 unspecified atom stereocenters. The number of ether oxygens (including phenoxy) is 1. The number of halogens is 2. The fourth-order valence-corrected chi connectivity index (χ4v) is 6.86. The van der Waals surface area contributed by atoms with Crippen molar-refractivity contribution in [3.8, 4) is 33.1 Å². The minimum atomic E-state index is -0.296. The Hall–Kier alpha value is -3.95. The van der Waals surface area contributed by atoms with E-state index in [4.69, 9.17) is 14.7 Å². The van der Waals surface area contributed by atoms with Gasteiger partial charge in [-0.05, 0) is 99.6 Å². The van der Waals surface area contributed by atoms with Crippen LogP contribution in [0.2, 0.25) is 0 Å². The lowest BCUT2D eigenvalue weighted by atomic mass is 9.90. The van der Waals surface area contributed by atoms with Gasteiger partial charge in [-0.3, -0.25) is 14.1 Å². The molecule has 1 aliphatic rings. The number of piperidine rings is 1. The highest BCUT2D eigenvalue weighted by atomic mass is 32.1. The van der Waals surface area contributed by atoms with E-state index in [1.807, 2.05) is 41.8 Å². The average Bonchev–Trinajstić information content (AvgIpc) is 3.64. The van der Waals surface area contributed by atoms with E-state index in [1.54, 1.807) is 19.1 Å². The maximum absolute atomic E-state index is 16.2. The van der Waals surface area contributed by atoms with Gasteiger partial charge < -0.3 is 4.74 Å². The molecule has 0 bridgehead atoms. The van der Waals surface area contributed by atoms with Gasteiger partial charge in [-0.25, -0.2) is 18.7 Å². The largest absolute Gasteiger partial charge is 0.465 e. The number of hydrogen-bond donors (Lipinski definition) is 0. The van der Waals surface area contributed by atoms with Crippen LogP contribution in [-0.2, 0) is 16.0 Å². The van der Waals surface area contributed by atoms with Gasteiger partial charge in [0.1, 0.15) is 22.3 Å². The number of aromatic nitrogens is 3. The number of imidazole rings is 1. The first kappa shape index (κ1) is 29.1. The molecule has 6 nitrogen and oxygen atoms in total. The van der Waals surface area contributed by atoms with Gasteiger partial charge in [0.25, 0.3) is 0 Å². The molecule has 222 valence electrons. The third-order valence-corrected chi connectivity index (χ3v) is 9.16. The Balaban J connectivity index is 1.29. The molecule has 5 aromatic rings. The Bertz CT molecular complexity index is 1770. The van der Waals surface area contributed by atoms with Crippen molar-refractivity contribution in [3.05, 3.63) is 88.6 Å². The number of benzene rings is 2. The molecule has 0 saturated carbocycles. The number of pyridine rings is 1. The Labute approximate surface area is 254 Å². The van der Waals surface area contributed by atoms with Crippen LogP contribution in [0.15, 0.2) is 60.1 Å². The first-order chi connectivity index (χ1) is 20.9. The van der Waals surface area contributed by atoms with Crippen molar-refractivity contribution in [3.63, 3.8) is 0 Å². The molecule has 1 aliphatic heterocycles. The standard InChI is InChI=1S/C34H34F2N4O2S/c1-4-28-33(40-18-24(8-13-30(40)37-28)22-14-16-39(17-15-22)19-31(41)42-5-2)27-12-11-26(21(3)32(27)36)34-38-29(20-43-34)23-6-9-25(35)10-7-23/h6-13,18,20,22H,4-5,14-17,19H2,1-3H3. The molecule has 0 N–H and O–H groups in total. The number of fused-ring (bicyclic) bond motifs is 1. The zero-order valence-corrected chi connectivity index (χ0v) is 25.4. The minimum Gasteiger partial charge on any atom is -0.465 e. The minimum absolute atomic E-state index is 0.177. The summed E-state index contributed by atoms with van der Waals surface area (Å²) in [4.78, 5) is 23.6. The molecule has 9 heteroatoms. The molecule has 6 rings (SSSR count). The number of carbonyl (C=O) groups is 1. The van der Waals surface area contributed by atoms with E-state index in [2.05, 4.69) is 17.2 Å². The summed E-state index contributed by atoms with van der Waals surface area (Å²) in [6.07, 6.45) is 4.66. The quantitative estimate of drug-likeness (QED) is 0.171. The lowest BCUT2D eigenvalue weighted by Crippen LogP contribution is -2.37. The summed E-state index contributed by atoms with van der Waals surface area (Å²) in [7, 11) is 0.